The van der Waals surface area contributed by atoms with E-state index in [1.54, 1.807) is 11.3 Å². The molecule has 0 radical (unpaired) electrons. The quantitative estimate of drug-likeness (QED) is 0.625. The second-order valence-electron chi connectivity index (χ2n) is 7.62. The topological polar surface area (TPSA) is 58.6 Å². The van der Waals surface area contributed by atoms with Gasteiger partial charge in [-0.1, -0.05) is 12.1 Å². The third-order valence-electron chi connectivity index (χ3n) is 5.50. The van der Waals surface area contributed by atoms with Gasteiger partial charge in [-0.3, -0.25) is 4.79 Å². The van der Waals surface area contributed by atoms with E-state index in [0.717, 1.165) is 46.4 Å². The molecular weight excluding hydrogens is 396 g/mol. The van der Waals surface area contributed by atoms with Crippen LogP contribution in [0.3, 0.4) is 0 Å². The number of nitrogens with zero attached hydrogens (tertiary/aromatic N) is 4. The first-order valence-electron chi connectivity index (χ1n) is 10.1. The summed E-state index contributed by atoms with van der Waals surface area (Å²) in [4.78, 5) is 17.8. The number of carbonyl (C=O) groups is 1. The third-order valence-corrected chi connectivity index (χ3v) is 6.39. The maximum atomic E-state index is 12.6. The Morgan fingerprint density at radius 2 is 1.87 bits per heavy atom. The van der Waals surface area contributed by atoms with E-state index in [-0.39, 0.29) is 12.5 Å². The summed E-state index contributed by atoms with van der Waals surface area (Å²) in [5.41, 5.74) is 4.29. The number of anilines is 1. The highest BCUT2D eigenvalue weighted by Crippen LogP contribution is 2.24. The maximum Gasteiger partial charge on any atom is 0.260 e. The summed E-state index contributed by atoms with van der Waals surface area (Å²) in [6.45, 7) is 8.98. The molecule has 4 rings (SSSR count). The van der Waals surface area contributed by atoms with Gasteiger partial charge in [0, 0.05) is 26.2 Å². The molecule has 1 fully saturated rings. The van der Waals surface area contributed by atoms with Crippen LogP contribution in [0.5, 0.6) is 5.75 Å². The van der Waals surface area contributed by atoms with E-state index in [2.05, 4.69) is 28.1 Å². The molecule has 30 heavy (non-hydrogen) atoms. The fraction of sp³-hybridized carbons (Fsp3) is 0.348. The number of benzene rings is 1. The van der Waals surface area contributed by atoms with E-state index in [0.29, 0.717) is 13.1 Å². The molecule has 1 aromatic carbocycles. The number of thiophene rings is 1. The van der Waals surface area contributed by atoms with Gasteiger partial charge in [-0.2, -0.15) is 0 Å². The minimum absolute atomic E-state index is 0.0207. The number of ether oxygens (including phenoxy) is 1. The zero-order valence-electron chi connectivity index (χ0n) is 17.6. The van der Waals surface area contributed by atoms with Gasteiger partial charge < -0.3 is 14.5 Å². The Morgan fingerprint density at radius 3 is 2.53 bits per heavy atom. The van der Waals surface area contributed by atoms with E-state index in [1.165, 1.54) is 5.56 Å². The number of rotatable bonds is 5. The first kappa shape index (κ1) is 20.3. The predicted molar refractivity (Wildman–Crippen MR) is 120 cm³/mol. The van der Waals surface area contributed by atoms with Crippen molar-refractivity contribution in [3.05, 3.63) is 58.5 Å². The zero-order valence-corrected chi connectivity index (χ0v) is 18.4. The van der Waals surface area contributed by atoms with Crippen molar-refractivity contribution < 1.29 is 9.53 Å². The average Bonchev–Trinajstić information content (AvgIpc) is 3.30. The molecule has 1 saturated heterocycles. The van der Waals surface area contributed by atoms with Crippen molar-refractivity contribution in [3.63, 3.8) is 0 Å². The molecule has 1 amide bonds. The second kappa shape index (κ2) is 8.83. The Hall–Kier alpha value is -2.93. The van der Waals surface area contributed by atoms with Gasteiger partial charge in [-0.05, 0) is 67.1 Å². The molecule has 0 spiro atoms. The number of hydrogen-bond acceptors (Lipinski definition) is 6. The molecule has 0 saturated carbocycles. The Labute approximate surface area is 181 Å². The average molecular weight is 423 g/mol. The van der Waals surface area contributed by atoms with Crippen molar-refractivity contribution in [2.75, 3.05) is 37.7 Å². The van der Waals surface area contributed by atoms with Gasteiger partial charge in [-0.25, -0.2) is 0 Å². The van der Waals surface area contributed by atoms with Crippen molar-refractivity contribution >= 4 is 23.1 Å². The van der Waals surface area contributed by atoms with Crippen LogP contribution in [0.15, 0.2) is 41.8 Å². The largest absolute Gasteiger partial charge is 0.483 e. The minimum atomic E-state index is 0.0207. The molecule has 0 N–H and O–H groups in total. The number of aryl methyl sites for hydroxylation is 2. The fourth-order valence-electron chi connectivity index (χ4n) is 3.62. The Kier molecular flexibility index (Phi) is 5.99. The third kappa shape index (κ3) is 4.46. The first-order valence-corrected chi connectivity index (χ1v) is 11.0. The highest BCUT2D eigenvalue weighted by atomic mass is 32.1. The van der Waals surface area contributed by atoms with Gasteiger partial charge >= 0.3 is 0 Å². The number of piperazine rings is 1. The molecule has 156 valence electrons. The van der Waals surface area contributed by atoms with Crippen LogP contribution in [0, 0.1) is 20.8 Å². The molecule has 0 unspecified atom stereocenters. The summed E-state index contributed by atoms with van der Waals surface area (Å²) >= 11 is 1.65. The standard InChI is InChI=1S/C23H26N4O2S/c1-16-13-17(2)18(3)20(14-16)29-15-23(28)27-10-8-26(9-11-27)22-7-6-19(24-25-22)21-5-4-12-30-21/h4-7,12-14H,8-11,15H2,1-3H3. The molecule has 7 heteroatoms. The molecule has 0 aliphatic carbocycles. The van der Waals surface area contributed by atoms with Gasteiger partial charge in [0.1, 0.15) is 11.4 Å². The molecule has 3 aromatic rings. The molecular formula is C23H26N4O2S. The maximum absolute atomic E-state index is 12.6. The summed E-state index contributed by atoms with van der Waals surface area (Å²) in [6, 6.07) is 12.2. The van der Waals surface area contributed by atoms with Gasteiger partial charge in [0.05, 0.1) is 4.88 Å². The lowest BCUT2D eigenvalue weighted by Gasteiger charge is -2.35. The van der Waals surface area contributed by atoms with Gasteiger partial charge in [0.25, 0.3) is 5.91 Å². The Morgan fingerprint density at radius 1 is 1.07 bits per heavy atom. The van der Waals surface area contributed by atoms with Crippen LogP contribution >= 0.6 is 11.3 Å². The van der Waals surface area contributed by atoms with Crippen LogP contribution < -0.4 is 9.64 Å². The van der Waals surface area contributed by atoms with Crippen LogP contribution in [-0.2, 0) is 4.79 Å². The highest BCUT2D eigenvalue weighted by Gasteiger charge is 2.22. The molecule has 0 atom stereocenters. The summed E-state index contributed by atoms with van der Waals surface area (Å²) in [5.74, 6) is 1.66. The summed E-state index contributed by atoms with van der Waals surface area (Å²) < 4.78 is 5.85. The smallest absolute Gasteiger partial charge is 0.260 e. The molecule has 1 aliphatic heterocycles. The number of amides is 1. The van der Waals surface area contributed by atoms with Gasteiger partial charge in [-0.15, -0.1) is 21.5 Å². The van der Waals surface area contributed by atoms with Crippen molar-refractivity contribution in [3.8, 4) is 16.3 Å². The van der Waals surface area contributed by atoms with E-state index >= 15 is 0 Å². The predicted octanol–water partition coefficient (Wildman–Crippen LogP) is 3.86. The zero-order chi connectivity index (χ0) is 21.1. The summed E-state index contributed by atoms with van der Waals surface area (Å²) in [6.07, 6.45) is 0. The molecule has 2 aromatic heterocycles. The second-order valence-corrected chi connectivity index (χ2v) is 8.56. The number of aromatic nitrogens is 2. The lowest BCUT2D eigenvalue weighted by atomic mass is 10.1. The van der Waals surface area contributed by atoms with E-state index in [1.807, 2.05) is 54.5 Å². The van der Waals surface area contributed by atoms with Crippen LogP contribution in [0.4, 0.5) is 5.82 Å². The number of hydrogen-bond donors (Lipinski definition) is 0. The minimum Gasteiger partial charge on any atom is -0.483 e. The van der Waals surface area contributed by atoms with Crippen LogP contribution in [-0.4, -0.2) is 53.8 Å². The molecule has 1 aliphatic rings. The fourth-order valence-corrected chi connectivity index (χ4v) is 4.31. The normalized spacial score (nSPS) is 14.1. The summed E-state index contributed by atoms with van der Waals surface area (Å²) in [5, 5.41) is 10.8. The van der Waals surface area contributed by atoms with Crippen molar-refractivity contribution in [1.29, 1.82) is 0 Å². The first-order chi connectivity index (χ1) is 14.5. The van der Waals surface area contributed by atoms with E-state index in [4.69, 9.17) is 4.74 Å². The lowest BCUT2D eigenvalue weighted by molar-refractivity contribution is -0.133. The molecule has 6 nitrogen and oxygen atoms in total. The van der Waals surface area contributed by atoms with E-state index < -0.39 is 0 Å². The lowest BCUT2D eigenvalue weighted by Crippen LogP contribution is -2.50. The van der Waals surface area contributed by atoms with Gasteiger partial charge in [0.15, 0.2) is 12.4 Å². The molecule has 0 bridgehead atoms. The SMILES string of the molecule is Cc1cc(C)c(C)c(OCC(=O)N2CCN(c3ccc(-c4cccs4)nn3)CC2)c1. The Balaban J connectivity index is 1.30. The number of carbonyl (C=O) groups excluding carboxylic acids is 1. The Bertz CT molecular complexity index is 1010. The van der Waals surface area contributed by atoms with Gasteiger partial charge in [0.2, 0.25) is 0 Å². The summed E-state index contributed by atoms with van der Waals surface area (Å²) in [7, 11) is 0. The van der Waals surface area contributed by atoms with Crippen LogP contribution in [0.25, 0.3) is 10.6 Å². The van der Waals surface area contributed by atoms with Crippen LogP contribution in [0.2, 0.25) is 0 Å². The van der Waals surface area contributed by atoms with Crippen molar-refractivity contribution in [2.45, 2.75) is 20.8 Å². The molecule has 3 heterocycles. The van der Waals surface area contributed by atoms with Crippen molar-refractivity contribution in [1.82, 2.24) is 15.1 Å². The van der Waals surface area contributed by atoms with E-state index in [9.17, 15) is 4.79 Å². The monoisotopic (exact) mass is 422 g/mol. The highest BCUT2D eigenvalue weighted by molar-refractivity contribution is 7.13. The van der Waals surface area contributed by atoms with Crippen molar-refractivity contribution in [2.24, 2.45) is 0 Å². The van der Waals surface area contributed by atoms with Crippen LogP contribution in [0.1, 0.15) is 16.7 Å².